The second kappa shape index (κ2) is 9.32. The molecule has 2 amide bonds. The second-order valence-corrected chi connectivity index (χ2v) is 7.66. The van der Waals surface area contributed by atoms with Crippen molar-refractivity contribution in [1.29, 1.82) is 0 Å². The lowest BCUT2D eigenvalue weighted by Gasteiger charge is -2.31. The third-order valence-electron chi connectivity index (χ3n) is 3.88. The smallest absolute Gasteiger partial charge is 0.409 e. The number of rotatable bonds is 5. The van der Waals surface area contributed by atoms with Crippen LogP contribution in [0.4, 0.5) is 4.79 Å². The fourth-order valence-electron chi connectivity index (χ4n) is 2.61. The van der Waals surface area contributed by atoms with Gasteiger partial charge in [-0.1, -0.05) is 15.9 Å². The number of hydrogen-bond donors (Lipinski definition) is 1. The summed E-state index contributed by atoms with van der Waals surface area (Å²) in [4.78, 5) is 26.6. The lowest BCUT2D eigenvalue weighted by molar-refractivity contribution is -0.119. The highest BCUT2D eigenvalue weighted by Gasteiger charge is 2.24. The van der Waals surface area contributed by atoms with Crippen molar-refractivity contribution >= 4 is 39.7 Å². The molecule has 7 heteroatoms. The Labute approximate surface area is 155 Å². The van der Waals surface area contributed by atoms with Crippen molar-refractivity contribution in [1.82, 2.24) is 10.2 Å². The normalized spacial score (nSPS) is 15.2. The Hall–Kier alpha value is -1.21. The second-order valence-electron chi connectivity index (χ2n) is 5.73. The van der Waals surface area contributed by atoms with Gasteiger partial charge in [-0.3, -0.25) is 4.79 Å². The predicted molar refractivity (Wildman–Crippen MR) is 99.4 cm³/mol. The fourth-order valence-corrected chi connectivity index (χ4v) is 3.90. The predicted octanol–water partition coefficient (Wildman–Crippen LogP) is 3.59. The average molecular weight is 415 g/mol. The third kappa shape index (κ3) is 5.70. The zero-order chi connectivity index (χ0) is 17.5. The zero-order valence-corrected chi connectivity index (χ0v) is 16.4. The largest absolute Gasteiger partial charge is 0.450 e. The van der Waals surface area contributed by atoms with Crippen LogP contribution in [0.15, 0.2) is 27.6 Å². The first-order valence-corrected chi connectivity index (χ1v) is 9.87. The van der Waals surface area contributed by atoms with Gasteiger partial charge in [0.05, 0.1) is 12.4 Å². The van der Waals surface area contributed by atoms with Gasteiger partial charge in [0, 0.05) is 28.5 Å². The van der Waals surface area contributed by atoms with E-state index in [0.717, 1.165) is 27.8 Å². The fraction of sp³-hybridized carbons (Fsp3) is 0.529. The van der Waals surface area contributed by atoms with Crippen molar-refractivity contribution in [2.75, 3.05) is 25.4 Å². The van der Waals surface area contributed by atoms with E-state index in [9.17, 15) is 9.59 Å². The first-order chi connectivity index (χ1) is 11.5. The van der Waals surface area contributed by atoms with Crippen molar-refractivity contribution in [2.45, 2.75) is 37.6 Å². The number of nitrogens with one attached hydrogen (secondary N) is 1. The molecule has 1 aromatic rings. The molecule has 24 heavy (non-hydrogen) atoms. The van der Waals surface area contributed by atoms with Crippen LogP contribution in [0, 0.1) is 6.92 Å². The summed E-state index contributed by atoms with van der Waals surface area (Å²) >= 11 is 4.99. The van der Waals surface area contributed by atoms with Gasteiger partial charge < -0.3 is 15.0 Å². The monoisotopic (exact) mass is 414 g/mol. The van der Waals surface area contributed by atoms with Crippen LogP contribution in [0.5, 0.6) is 0 Å². The Bertz CT molecular complexity index is 589. The minimum absolute atomic E-state index is 0.0388. The summed E-state index contributed by atoms with van der Waals surface area (Å²) in [5.74, 6) is 0.442. The number of nitrogens with zero attached hydrogens (tertiary/aromatic N) is 1. The quantitative estimate of drug-likeness (QED) is 0.747. The minimum atomic E-state index is -0.261. The molecule has 0 radical (unpaired) electrons. The highest BCUT2D eigenvalue weighted by Crippen LogP contribution is 2.25. The summed E-state index contributed by atoms with van der Waals surface area (Å²) in [6.45, 7) is 5.49. The summed E-state index contributed by atoms with van der Waals surface area (Å²) < 4.78 is 6.04. The summed E-state index contributed by atoms with van der Waals surface area (Å²) in [6.07, 6.45) is 1.28. The number of ether oxygens (including phenoxy) is 1. The molecule has 132 valence electrons. The zero-order valence-electron chi connectivity index (χ0n) is 14.0. The van der Waals surface area contributed by atoms with E-state index >= 15 is 0 Å². The first kappa shape index (κ1) is 19.1. The van der Waals surface area contributed by atoms with Gasteiger partial charge in [-0.2, -0.15) is 0 Å². The molecule has 2 rings (SSSR count). The van der Waals surface area contributed by atoms with E-state index in [1.807, 2.05) is 25.1 Å². The Morgan fingerprint density at radius 1 is 1.38 bits per heavy atom. The van der Waals surface area contributed by atoms with Crippen LogP contribution in [0.1, 0.15) is 25.3 Å². The van der Waals surface area contributed by atoms with E-state index in [4.69, 9.17) is 4.74 Å². The van der Waals surface area contributed by atoms with E-state index in [-0.39, 0.29) is 18.0 Å². The van der Waals surface area contributed by atoms with Crippen molar-refractivity contribution in [3.8, 4) is 0 Å². The molecule has 5 nitrogen and oxygen atoms in total. The van der Waals surface area contributed by atoms with Gasteiger partial charge in [0.1, 0.15) is 0 Å². The van der Waals surface area contributed by atoms with Crippen LogP contribution in [-0.2, 0) is 9.53 Å². The van der Waals surface area contributed by atoms with Gasteiger partial charge in [0.15, 0.2) is 0 Å². The molecule has 0 atom stereocenters. The Kier molecular flexibility index (Phi) is 7.42. The lowest BCUT2D eigenvalue weighted by atomic mass is 10.1. The number of hydrogen-bond acceptors (Lipinski definition) is 4. The molecular formula is C17H23BrN2O3S. The van der Waals surface area contributed by atoms with E-state index in [2.05, 4.69) is 21.2 Å². The van der Waals surface area contributed by atoms with Crippen molar-refractivity contribution in [2.24, 2.45) is 0 Å². The Balaban J connectivity index is 1.73. The lowest BCUT2D eigenvalue weighted by Crippen LogP contribution is -2.47. The molecule has 1 aromatic carbocycles. The number of benzene rings is 1. The maximum absolute atomic E-state index is 12.1. The van der Waals surface area contributed by atoms with E-state index in [1.54, 1.807) is 23.6 Å². The van der Waals surface area contributed by atoms with Crippen LogP contribution >= 0.6 is 27.7 Å². The molecule has 0 aliphatic carbocycles. The number of thioether (sulfide) groups is 1. The maximum Gasteiger partial charge on any atom is 0.409 e. The van der Waals surface area contributed by atoms with Crippen LogP contribution in [0.25, 0.3) is 0 Å². The summed E-state index contributed by atoms with van der Waals surface area (Å²) in [5.41, 5.74) is 1.16. The van der Waals surface area contributed by atoms with Crippen molar-refractivity contribution < 1.29 is 14.3 Å². The van der Waals surface area contributed by atoms with Crippen LogP contribution in [0.3, 0.4) is 0 Å². The number of carbonyl (C=O) groups is 2. The standard InChI is InChI=1S/C17H23BrN2O3S/c1-3-23-17(22)20-8-6-14(7-9-20)19-16(21)11-24-15-5-4-13(18)10-12(15)2/h4-5,10,14H,3,6-9,11H2,1-2H3,(H,19,21). The van der Waals surface area contributed by atoms with Crippen molar-refractivity contribution in [3.63, 3.8) is 0 Å². The molecule has 1 aliphatic rings. The Morgan fingerprint density at radius 3 is 2.71 bits per heavy atom. The number of amides is 2. The molecule has 1 saturated heterocycles. The molecule has 1 N–H and O–H groups in total. The number of carbonyl (C=O) groups excluding carboxylic acids is 2. The molecule has 0 unspecified atom stereocenters. The van der Waals surface area contributed by atoms with Gasteiger partial charge in [-0.05, 0) is 50.5 Å². The molecule has 0 spiro atoms. The molecule has 1 aliphatic heterocycles. The maximum atomic E-state index is 12.1. The van der Waals surface area contributed by atoms with E-state index in [1.165, 1.54) is 0 Å². The van der Waals surface area contributed by atoms with Crippen molar-refractivity contribution in [3.05, 3.63) is 28.2 Å². The number of likely N-dealkylation sites (tertiary alicyclic amines) is 1. The number of piperidine rings is 1. The van der Waals surface area contributed by atoms with Crippen LogP contribution in [-0.4, -0.2) is 48.4 Å². The van der Waals surface area contributed by atoms with E-state index in [0.29, 0.717) is 25.4 Å². The van der Waals surface area contributed by atoms with E-state index < -0.39 is 0 Å². The summed E-state index contributed by atoms with van der Waals surface area (Å²) in [6, 6.07) is 6.19. The molecular weight excluding hydrogens is 392 g/mol. The SMILES string of the molecule is CCOC(=O)N1CCC(NC(=O)CSc2ccc(Br)cc2C)CC1. The van der Waals surface area contributed by atoms with Gasteiger partial charge in [-0.25, -0.2) is 4.79 Å². The Morgan fingerprint density at radius 2 is 2.08 bits per heavy atom. The first-order valence-electron chi connectivity index (χ1n) is 8.09. The molecule has 0 bridgehead atoms. The highest BCUT2D eigenvalue weighted by atomic mass is 79.9. The molecule has 1 fully saturated rings. The van der Waals surface area contributed by atoms with Crippen LogP contribution < -0.4 is 5.32 Å². The highest BCUT2D eigenvalue weighted by molar-refractivity contribution is 9.10. The number of halogens is 1. The summed E-state index contributed by atoms with van der Waals surface area (Å²) in [5, 5.41) is 3.06. The van der Waals surface area contributed by atoms with Crippen LogP contribution in [0.2, 0.25) is 0 Å². The minimum Gasteiger partial charge on any atom is -0.450 e. The molecule has 0 aromatic heterocycles. The number of aryl methyl sites for hydroxylation is 1. The third-order valence-corrected chi connectivity index (χ3v) is 5.55. The van der Waals surface area contributed by atoms with Gasteiger partial charge in [0.25, 0.3) is 0 Å². The summed E-state index contributed by atoms with van der Waals surface area (Å²) in [7, 11) is 0. The van der Waals surface area contributed by atoms with Gasteiger partial charge in [0.2, 0.25) is 5.91 Å². The average Bonchev–Trinajstić information content (AvgIpc) is 2.55. The molecule has 0 saturated carbocycles. The van der Waals surface area contributed by atoms with Gasteiger partial charge in [-0.15, -0.1) is 11.8 Å². The van der Waals surface area contributed by atoms with Gasteiger partial charge >= 0.3 is 6.09 Å². The topological polar surface area (TPSA) is 58.6 Å². The molecule has 1 heterocycles.